The number of carbonyl (C=O) groups is 1. The maximum Gasteiger partial charge on any atom is 0.227 e. The van der Waals surface area contributed by atoms with Gasteiger partial charge in [-0.1, -0.05) is 53.5 Å². The van der Waals surface area contributed by atoms with Gasteiger partial charge in [-0.3, -0.25) is 9.69 Å². The molecule has 0 bridgehead atoms. The predicted octanol–water partition coefficient (Wildman–Crippen LogP) is 4.76. The molecule has 0 N–H and O–H groups in total. The molecule has 1 heterocycles. The summed E-state index contributed by atoms with van der Waals surface area (Å²) in [6.45, 7) is 2.23. The van der Waals surface area contributed by atoms with Gasteiger partial charge in [0, 0.05) is 7.05 Å². The highest BCUT2D eigenvalue weighted by Crippen LogP contribution is 2.40. The highest BCUT2D eigenvalue weighted by Gasteiger charge is 2.40. The molecule has 1 saturated heterocycles. The first-order valence-corrected chi connectivity index (χ1v) is 10.3. The van der Waals surface area contributed by atoms with E-state index in [1.807, 2.05) is 18.0 Å². The maximum atomic E-state index is 13.0. The molecule has 4 rings (SSSR count). The van der Waals surface area contributed by atoms with Crippen LogP contribution in [0.5, 0.6) is 0 Å². The van der Waals surface area contributed by atoms with Gasteiger partial charge >= 0.3 is 0 Å². The number of hydrogen-bond acceptors (Lipinski definition) is 2. The quantitative estimate of drug-likeness (QED) is 0.735. The number of hydrogen-bond donors (Lipinski definition) is 0. The van der Waals surface area contributed by atoms with Gasteiger partial charge in [-0.15, -0.1) is 0 Å². The van der Waals surface area contributed by atoms with Crippen molar-refractivity contribution in [1.29, 1.82) is 0 Å². The molecular weight excluding hydrogens is 379 g/mol. The first-order valence-electron chi connectivity index (χ1n) is 9.56. The fourth-order valence-corrected chi connectivity index (χ4v) is 4.82. The predicted molar refractivity (Wildman–Crippen MR) is 110 cm³/mol. The lowest BCUT2D eigenvalue weighted by Gasteiger charge is -2.35. The van der Waals surface area contributed by atoms with E-state index in [1.54, 1.807) is 12.1 Å². The van der Waals surface area contributed by atoms with Crippen LogP contribution in [0.3, 0.4) is 0 Å². The monoisotopic (exact) mass is 402 g/mol. The standard InChI is InChI=1S/C22H24Cl2N2O/c1-25(21(27)13-15-8-9-18(23)19(24)12-15)20-14-16-6-2-3-7-17(16)22(20)26-10-4-5-11-26/h2-3,6-9,12,20,22H,4-5,10-11,13-14H2,1H3/t20-,22-/m1/s1. The number of carbonyl (C=O) groups excluding carboxylic acids is 1. The Balaban J connectivity index is 1.55. The molecule has 1 aliphatic heterocycles. The average molecular weight is 403 g/mol. The van der Waals surface area contributed by atoms with Crippen LogP contribution in [0.1, 0.15) is 35.6 Å². The molecule has 2 atom stereocenters. The number of nitrogens with zero attached hydrogens (tertiary/aromatic N) is 2. The lowest BCUT2D eigenvalue weighted by atomic mass is 10.0. The SMILES string of the molecule is CN(C(=O)Cc1ccc(Cl)c(Cl)c1)[C@@H]1Cc2ccccc2[C@H]1N1CCCC1. The number of likely N-dealkylation sites (N-methyl/N-ethyl adjacent to an activating group) is 1. The van der Waals surface area contributed by atoms with Crippen molar-refractivity contribution in [3.8, 4) is 0 Å². The molecular formula is C22H24Cl2N2O. The van der Waals surface area contributed by atoms with Crippen molar-refractivity contribution in [1.82, 2.24) is 9.80 Å². The Morgan fingerprint density at radius 3 is 2.59 bits per heavy atom. The molecule has 2 aromatic rings. The average Bonchev–Trinajstić information content (AvgIpc) is 3.31. The van der Waals surface area contributed by atoms with Gasteiger partial charge in [0.1, 0.15) is 0 Å². The fraction of sp³-hybridized carbons (Fsp3) is 0.409. The number of likely N-dealkylation sites (tertiary alicyclic amines) is 1. The zero-order chi connectivity index (χ0) is 19.0. The summed E-state index contributed by atoms with van der Waals surface area (Å²) in [5, 5.41) is 1.01. The van der Waals surface area contributed by atoms with Gasteiger partial charge < -0.3 is 4.90 Å². The molecule has 142 valence electrons. The molecule has 2 aromatic carbocycles. The second kappa shape index (κ2) is 7.83. The Bertz CT molecular complexity index is 848. The van der Waals surface area contributed by atoms with E-state index in [-0.39, 0.29) is 11.9 Å². The van der Waals surface area contributed by atoms with Gasteiger partial charge in [-0.25, -0.2) is 0 Å². The number of benzene rings is 2. The van der Waals surface area contributed by atoms with Crippen LogP contribution in [0.4, 0.5) is 0 Å². The molecule has 0 saturated carbocycles. The largest absolute Gasteiger partial charge is 0.340 e. The summed E-state index contributed by atoms with van der Waals surface area (Å²) in [5.74, 6) is 0.121. The second-order valence-corrected chi connectivity index (χ2v) is 8.40. The minimum absolute atomic E-state index is 0.121. The molecule has 0 radical (unpaired) electrons. The van der Waals surface area contributed by atoms with E-state index in [0.717, 1.165) is 25.1 Å². The molecule has 1 aliphatic carbocycles. The molecule has 0 unspecified atom stereocenters. The Morgan fingerprint density at radius 1 is 1.11 bits per heavy atom. The van der Waals surface area contributed by atoms with E-state index in [2.05, 4.69) is 29.2 Å². The Hall–Kier alpha value is -1.55. The van der Waals surface area contributed by atoms with Crippen LogP contribution in [-0.2, 0) is 17.6 Å². The van der Waals surface area contributed by atoms with Gasteiger partial charge in [0.15, 0.2) is 0 Å². The molecule has 5 heteroatoms. The highest BCUT2D eigenvalue weighted by atomic mass is 35.5. The van der Waals surface area contributed by atoms with Crippen LogP contribution in [0.25, 0.3) is 0 Å². The summed E-state index contributed by atoms with van der Waals surface area (Å²) >= 11 is 12.1. The summed E-state index contributed by atoms with van der Waals surface area (Å²) in [4.78, 5) is 17.5. The summed E-state index contributed by atoms with van der Waals surface area (Å²) in [6, 6.07) is 14.5. The third-order valence-corrected chi connectivity index (χ3v) is 6.67. The van der Waals surface area contributed by atoms with Crippen molar-refractivity contribution in [3.05, 3.63) is 69.2 Å². The van der Waals surface area contributed by atoms with E-state index < -0.39 is 0 Å². The van der Waals surface area contributed by atoms with E-state index in [0.29, 0.717) is 22.5 Å². The van der Waals surface area contributed by atoms with Gasteiger partial charge in [0.25, 0.3) is 0 Å². The van der Waals surface area contributed by atoms with E-state index in [4.69, 9.17) is 23.2 Å². The van der Waals surface area contributed by atoms with Crippen molar-refractivity contribution in [2.75, 3.05) is 20.1 Å². The lowest BCUT2D eigenvalue weighted by molar-refractivity contribution is -0.132. The van der Waals surface area contributed by atoms with E-state index in [9.17, 15) is 4.79 Å². The van der Waals surface area contributed by atoms with E-state index >= 15 is 0 Å². The summed E-state index contributed by atoms with van der Waals surface area (Å²) in [6.07, 6.45) is 3.74. The topological polar surface area (TPSA) is 23.6 Å². The van der Waals surface area contributed by atoms with Crippen molar-refractivity contribution < 1.29 is 4.79 Å². The van der Waals surface area contributed by atoms with Crippen molar-refractivity contribution in [2.24, 2.45) is 0 Å². The van der Waals surface area contributed by atoms with Gasteiger partial charge in [0.2, 0.25) is 5.91 Å². The highest BCUT2D eigenvalue weighted by molar-refractivity contribution is 6.42. The zero-order valence-electron chi connectivity index (χ0n) is 15.5. The van der Waals surface area contributed by atoms with Crippen LogP contribution in [0.2, 0.25) is 10.0 Å². The van der Waals surface area contributed by atoms with Crippen LogP contribution >= 0.6 is 23.2 Å². The summed E-state index contributed by atoms with van der Waals surface area (Å²) < 4.78 is 0. The zero-order valence-corrected chi connectivity index (χ0v) is 17.0. The number of rotatable bonds is 4. The van der Waals surface area contributed by atoms with Gasteiger partial charge in [-0.05, 0) is 61.2 Å². The van der Waals surface area contributed by atoms with Gasteiger partial charge in [-0.2, -0.15) is 0 Å². The Labute approximate surface area is 170 Å². The molecule has 3 nitrogen and oxygen atoms in total. The van der Waals surface area contributed by atoms with Crippen LogP contribution in [-0.4, -0.2) is 41.9 Å². The van der Waals surface area contributed by atoms with Crippen molar-refractivity contribution in [3.63, 3.8) is 0 Å². The Morgan fingerprint density at radius 2 is 1.85 bits per heavy atom. The van der Waals surface area contributed by atoms with E-state index in [1.165, 1.54) is 24.0 Å². The minimum Gasteiger partial charge on any atom is -0.340 e. The molecule has 1 fully saturated rings. The van der Waals surface area contributed by atoms with Crippen LogP contribution in [0.15, 0.2) is 42.5 Å². The van der Waals surface area contributed by atoms with Crippen LogP contribution in [0, 0.1) is 0 Å². The third kappa shape index (κ3) is 3.73. The first-order chi connectivity index (χ1) is 13.0. The fourth-order valence-electron chi connectivity index (χ4n) is 4.50. The van der Waals surface area contributed by atoms with Gasteiger partial charge in [0.05, 0.1) is 28.5 Å². The number of halogens is 2. The maximum absolute atomic E-state index is 13.0. The smallest absolute Gasteiger partial charge is 0.227 e. The first kappa shape index (κ1) is 18.8. The normalized spacial score (nSPS) is 22.0. The molecule has 2 aliphatic rings. The second-order valence-electron chi connectivity index (χ2n) is 7.59. The summed E-state index contributed by atoms with van der Waals surface area (Å²) in [7, 11) is 1.94. The molecule has 1 amide bonds. The third-order valence-electron chi connectivity index (χ3n) is 5.93. The summed E-state index contributed by atoms with van der Waals surface area (Å²) in [5.41, 5.74) is 3.65. The minimum atomic E-state index is 0.121. The number of amides is 1. The van der Waals surface area contributed by atoms with Crippen molar-refractivity contribution in [2.45, 2.75) is 37.8 Å². The number of fused-ring (bicyclic) bond motifs is 1. The Kier molecular flexibility index (Phi) is 5.45. The van der Waals surface area contributed by atoms with Crippen LogP contribution < -0.4 is 0 Å². The van der Waals surface area contributed by atoms with Crippen molar-refractivity contribution >= 4 is 29.1 Å². The lowest BCUT2D eigenvalue weighted by Crippen LogP contribution is -2.45. The molecule has 27 heavy (non-hydrogen) atoms. The molecule has 0 aromatic heterocycles. The molecule has 0 spiro atoms.